The number of ether oxygens (including phenoxy) is 1. The monoisotopic (exact) mass is 231 g/mol. The van der Waals surface area contributed by atoms with Crippen molar-refractivity contribution in [2.45, 2.75) is 19.9 Å². The Balaban J connectivity index is 2.02. The fourth-order valence-corrected chi connectivity index (χ4v) is 1.73. The van der Waals surface area contributed by atoms with E-state index in [1.54, 1.807) is 6.20 Å². The molecule has 0 atom stereocenters. The molecule has 0 aliphatic rings. The molecule has 2 heterocycles. The van der Waals surface area contributed by atoms with E-state index in [2.05, 4.69) is 14.5 Å². The van der Waals surface area contributed by atoms with E-state index in [4.69, 9.17) is 4.74 Å². The van der Waals surface area contributed by atoms with E-state index in [0.717, 1.165) is 37.6 Å². The van der Waals surface area contributed by atoms with Crippen LogP contribution in [-0.2, 0) is 11.3 Å². The normalized spacial score (nSPS) is 10.6. The largest absolute Gasteiger partial charge is 0.382 e. The molecule has 0 bridgehead atoms. The minimum atomic E-state index is 0.777. The molecule has 2 rings (SSSR count). The minimum absolute atomic E-state index is 0.777. The Morgan fingerprint density at radius 3 is 3.06 bits per heavy atom. The quantitative estimate of drug-likeness (QED) is 0.716. The van der Waals surface area contributed by atoms with Gasteiger partial charge in [-0.25, -0.2) is 4.98 Å². The van der Waals surface area contributed by atoms with Gasteiger partial charge in [-0.05, 0) is 25.5 Å². The number of rotatable bonds is 6. The summed E-state index contributed by atoms with van der Waals surface area (Å²) in [6.07, 6.45) is 8.42. The van der Waals surface area contributed by atoms with Crippen LogP contribution in [0.1, 0.15) is 13.3 Å². The third-order valence-corrected chi connectivity index (χ3v) is 2.53. The Kier molecular flexibility index (Phi) is 4.27. The van der Waals surface area contributed by atoms with Gasteiger partial charge in [-0.3, -0.25) is 4.98 Å². The first kappa shape index (κ1) is 11.8. The predicted molar refractivity (Wildman–Crippen MR) is 66.6 cm³/mol. The lowest BCUT2D eigenvalue weighted by molar-refractivity contribution is 0.142. The second-order valence-electron chi connectivity index (χ2n) is 3.74. The number of aryl methyl sites for hydroxylation is 1. The highest BCUT2D eigenvalue weighted by molar-refractivity contribution is 5.53. The molecule has 2 aromatic rings. The summed E-state index contributed by atoms with van der Waals surface area (Å²) in [5.41, 5.74) is 1.05. The zero-order valence-corrected chi connectivity index (χ0v) is 10.0. The number of hydrogen-bond donors (Lipinski definition) is 0. The summed E-state index contributed by atoms with van der Waals surface area (Å²) in [6, 6.07) is 3.95. The van der Waals surface area contributed by atoms with Crippen molar-refractivity contribution in [1.82, 2.24) is 14.5 Å². The molecule has 4 nitrogen and oxygen atoms in total. The van der Waals surface area contributed by atoms with Crippen molar-refractivity contribution in [2.75, 3.05) is 13.2 Å². The summed E-state index contributed by atoms with van der Waals surface area (Å²) < 4.78 is 7.47. The lowest BCUT2D eigenvalue weighted by Gasteiger charge is -2.07. The maximum atomic E-state index is 5.33. The SMILES string of the molecule is CCOCCCn1ccnc1-c1cccnc1. The molecule has 0 aliphatic carbocycles. The van der Waals surface area contributed by atoms with Gasteiger partial charge < -0.3 is 9.30 Å². The Labute approximate surface area is 101 Å². The third kappa shape index (κ3) is 3.14. The van der Waals surface area contributed by atoms with E-state index in [9.17, 15) is 0 Å². The Bertz CT molecular complexity index is 439. The number of aromatic nitrogens is 3. The van der Waals surface area contributed by atoms with Crippen LogP contribution in [0.3, 0.4) is 0 Å². The second kappa shape index (κ2) is 6.15. The molecule has 0 N–H and O–H groups in total. The van der Waals surface area contributed by atoms with Gasteiger partial charge in [0.25, 0.3) is 0 Å². The van der Waals surface area contributed by atoms with Gasteiger partial charge in [-0.1, -0.05) is 0 Å². The molecule has 90 valence electrons. The summed E-state index contributed by atoms with van der Waals surface area (Å²) in [7, 11) is 0. The lowest BCUT2D eigenvalue weighted by Crippen LogP contribution is -2.03. The van der Waals surface area contributed by atoms with Gasteiger partial charge >= 0.3 is 0 Å². The van der Waals surface area contributed by atoms with E-state index < -0.39 is 0 Å². The summed E-state index contributed by atoms with van der Waals surface area (Å²) >= 11 is 0. The highest BCUT2D eigenvalue weighted by Gasteiger charge is 2.04. The molecule has 0 spiro atoms. The van der Waals surface area contributed by atoms with E-state index in [-0.39, 0.29) is 0 Å². The Morgan fingerprint density at radius 2 is 2.29 bits per heavy atom. The molecule has 0 saturated heterocycles. The van der Waals surface area contributed by atoms with Crippen LogP contribution in [0.5, 0.6) is 0 Å². The number of imidazole rings is 1. The van der Waals surface area contributed by atoms with Gasteiger partial charge in [0.1, 0.15) is 5.82 Å². The summed E-state index contributed by atoms with van der Waals surface area (Å²) in [5, 5.41) is 0. The maximum absolute atomic E-state index is 5.33. The van der Waals surface area contributed by atoms with Gasteiger partial charge in [0.2, 0.25) is 0 Å². The van der Waals surface area contributed by atoms with Gasteiger partial charge in [-0.2, -0.15) is 0 Å². The van der Waals surface area contributed by atoms with Crippen molar-refractivity contribution in [3.05, 3.63) is 36.9 Å². The maximum Gasteiger partial charge on any atom is 0.141 e. The van der Waals surface area contributed by atoms with Crippen molar-refractivity contribution >= 4 is 0 Å². The fraction of sp³-hybridized carbons (Fsp3) is 0.385. The predicted octanol–water partition coefficient (Wildman–Crippen LogP) is 2.37. The van der Waals surface area contributed by atoms with Gasteiger partial charge in [0.15, 0.2) is 0 Å². The lowest BCUT2D eigenvalue weighted by atomic mass is 10.2. The molecule has 17 heavy (non-hydrogen) atoms. The van der Waals surface area contributed by atoms with Crippen molar-refractivity contribution in [3.8, 4) is 11.4 Å². The minimum Gasteiger partial charge on any atom is -0.382 e. The molecule has 2 aromatic heterocycles. The molecule has 0 saturated carbocycles. The molecular weight excluding hydrogens is 214 g/mol. The highest BCUT2D eigenvalue weighted by Crippen LogP contribution is 2.15. The fourth-order valence-electron chi connectivity index (χ4n) is 1.73. The van der Waals surface area contributed by atoms with Crippen molar-refractivity contribution in [2.24, 2.45) is 0 Å². The number of pyridine rings is 1. The summed E-state index contributed by atoms with van der Waals surface area (Å²) in [4.78, 5) is 8.48. The van der Waals surface area contributed by atoms with E-state index in [1.807, 2.05) is 37.6 Å². The third-order valence-electron chi connectivity index (χ3n) is 2.53. The van der Waals surface area contributed by atoms with Crippen molar-refractivity contribution < 1.29 is 4.74 Å². The molecule has 0 unspecified atom stereocenters. The van der Waals surface area contributed by atoms with Gasteiger partial charge in [0.05, 0.1) is 0 Å². The second-order valence-corrected chi connectivity index (χ2v) is 3.74. The van der Waals surface area contributed by atoms with Crippen LogP contribution in [0.2, 0.25) is 0 Å². The van der Waals surface area contributed by atoms with Crippen LogP contribution in [0, 0.1) is 0 Å². The molecule has 0 aromatic carbocycles. The molecular formula is C13H17N3O. The van der Waals surface area contributed by atoms with E-state index in [0.29, 0.717) is 0 Å². The van der Waals surface area contributed by atoms with Crippen LogP contribution in [0.4, 0.5) is 0 Å². The summed E-state index contributed by atoms with van der Waals surface area (Å²) in [5.74, 6) is 0.967. The van der Waals surface area contributed by atoms with E-state index in [1.165, 1.54) is 0 Å². The van der Waals surface area contributed by atoms with Gasteiger partial charge in [-0.15, -0.1) is 0 Å². The molecule has 0 radical (unpaired) electrons. The topological polar surface area (TPSA) is 39.9 Å². The van der Waals surface area contributed by atoms with E-state index >= 15 is 0 Å². The molecule has 0 amide bonds. The van der Waals surface area contributed by atoms with Gasteiger partial charge in [0, 0.05) is 50.1 Å². The Morgan fingerprint density at radius 1 is 1.35 bits per heavy atom. The van der Waals surface area contributed by atoms with Crippen LogP contribution >= 0.6 is 0 Å². The molecule has 0 aliphatic heterocycles. The average Bonchev–Trinajstić information content (AvgIpc) is 2.84. The van der Waals surface area contributed by atoms with Crippen LogP contribution < -0.4 is 0 Å². The molecule has 4 heteroatoms. The Hall–Kier alpha value is -1.68. The average molecular weight is 231 g/mol. The van der Waals surface area contributed by atoms with Crippen molar-refractivity contribution in [3.63, 3.8) is 0 Å². The van der Waals surface area contributed by atoms with Crippen molar-refractivity contribution in [1.29, 1.82) is 0 Å². The first-order valence-corrected chi connectivity index (χ1v) is 5.91. The molecule has 0 fully saturated rings. The smallest absolute Gasteiger partial charge is 0.141 e. The zero-order chi connectivity index (χ0) is 11.9. The number of nitrogens with zero attached hydrogens (tertiary/aromatic N) is 3. The standard InChI is InChI=1S/C13H17N3O/c1-2-17-10-4-8-16-9-7-15-13(16)12-5-3-6-14-11-12/h3,5-7,9,11H,2,4,8,10H2,1H3. The first-order valence-electron chi connectivity index (χ1n) is 5.91. The van der Waals surface area contributed by atoms with Crippen LogP contribution in [0.25, 0.3) is 11.4 Å². The van der Waals surface area contributed by atoms with Crippen LogP contribution in [-0.4, -0.2) is 27.7 Å². The summed E-state index contributed by atoms with van der Waals surface area (Å²) in [6.45, 7) is 4.50. The zero-order valence-electron chi connectivity index (χ0n) is 10.0. The highest BCUT2D eigenvalue weighted by atomic mass is 16.5. The first-order chi connectivity index (χ1) is 8.42. The number of hydrogen-bond acceptors (Lipinski definition) is 3. The van der Waals surface area contributed by atoms with Crippen LogP contribution in [0.15, 0.2) is 36.9 Å².